The van der Waals surface area contributed by atoms with Crippen LogP contribution < -0.4 is 10.1 Å². The van der Waals surface area contributed by atoms with Crippen LogP contribution in [-0.4, -0.2) is 60.9 Å². The Kier molecular flexibility index (Phi) is 6.13. The number of piperidine rings is 1. The molecular weight excluding hydrogens is 502 g/mol. The van der Waals surface area contributed by atoms with Gasteiger partial charge in [-0.2, -0.15) is 5.10 Å². The van der Waals surface area contributed by atoms with Gasteiger partial charge in [0.05, 0.1) is 11.7 Å². The molecule has 2 aliphatic rings. The molecule has 1 saturated heterocycles. The molecule has 1 N–H and O–H groups in total. The van der Waals surface area contributed by atoms with Crippen LogP contribution in [0.3, 0.4) is 0 Å². The summed E-state index contributed by atoms with van der Waals surface area (Å²) in [5.74, 6) is 2.40. The average molecular weight is 532 g/mol. The number of amides is 1. The number of carbonyl (C=O) groups is 1. The maximum Gasteiger partial charge on any atom is 0.245 e. The smallest absolute Gasteiger partial charge is 0.245 e. The molecule has 0 unspecified atom stereocenters. The molecule has 5 aromatic rings. The monoisotopic (exact) mass is 531 g/mol. The van der Waals surface area contributed by atoms with E-state index in [0.29, 0.717) is 12.6 Å². The number of fused-ring (bicyclic) bond motifs is 2. The van der Waals surface area contributed by atoms with Gasteiger partial charge in [0.1, 0.15) is 23.7 Å². The molecule has 1 amide bonds. The zero-order valence-corrected chi connectivity index (χ0v) is 22.0. The number of benzene rings is 2. The topological polar surface area (TPSA) is 90.1 Å². The molecule has 40 heavy (non-hydrogen) atoms. The number of hydrogen-bond acceptors (Lipinski definition) is 6. The highest BCUT2D eigenvalue weighted by molar-refractivity contribution is 5.87. The second-order valence-corrected chi connectivity index (χ2v) is 10.2. The maximum absolute atomic E-state index is 11.9. The second kappa shape index (κ2) is 10.1. The Balaban J connectivity index is 1.22. The third-order valence-electron chi connectivity index (χ3n) is 7.72. The first kappa shape index (κ1) is 24.3. The van der Waals surface area contributed by atoms with Crippen LogP contribution >= 0.6 is 0 Å². The fourth-order valence-corrected chi connectivity index (χ4v) is 5.66. The first-order valence-corrected chi connectivity index (χ1v) is 13.6. The highest BCUT2D eigenvalue weighted by atomic mass is 16.5. The Morgan fingerprint density at radius 2 is 1.88 bits per heavy atom. The molecule has 9 heteroatoms. The predicted molar refractivity (Wildman–Crippen MR) is 153 cm³/mol. The molecule has 0 aliphatic carbocycles. The number of aromatic nitrogens is 5. The van der Waals surface area contributed by atoms with Crippen molar-refractivity contribution < 1.29 is 9.53 Å². The number of rotatable bonds is 6. The normalized spacial score (nSPS) is 17.1. The first-order valence-electron chi connectivity index (χ1n) is 13.6. The Hall–Kier alpha value is -4.76. The molecule has 0 radical (unpaired) electrons. The summed E-state index contributed by atoms with van der Waals surface area (Å²) in [4.78, 5) is 23.7. The van der Waals surface area contributed by atoms with Crippen molar-refractivity contribution in [3.63, 3.8) is 0 Å². The third kappa shape index (κ3) is 4.34. The Bertz CT molecular complexity index is 1690. The van der Waals surface area contributed by atoms with Gasteiger partial charge in [0, 0.05) is 48.7 Å². The van der Waals surface area contributed by atoms with Gasteiger partial charge < -0.3 is 15.0 Å². The standard InChI is InChI=1S/C31H29N7O2/c1-2-29(39)36-17-13-22(14-18-36)33-26-20-40-27-19-23(9-10-24(26)27)38-30(21-7-4-3-5-8-21)34-25-11-12-28(35-31(25)38)37-16-6-15-32-37/h2-12,15-16,19,22,26,33H,1,13-14,17-18,20H2/t26-/m0/s1. The second-order valence-electron chi connectivity index (χ2n) is 10.2. The summed E-state index contributed by atoms with van der Waals surface area (Å²) in [5, 5.41) is 8.12. The lowest BCUT2D eigenvalue weighted by molar-refractivity contribution is -0.127. The molecule has 1 fully saturated rings. The summed E-state index contributed by atoms with van der Waals surface area (Å²) in [6.45, 7) is 5.66. The first-order chi connectivity index (χ1) is 19.7. The fraction of sp³-hybridized carbons (Fsp3) is 0.226. The quantitative estimate of drug-likeness (QED) is 0.325. The van der Waals surface area contributed by atoms with E-state index in [0.717, 1.165) is 71.3 Å². The number of imidazole rings is 1. The lowest BCUT2D eigenvalue weighted by atomic mass is 10.0. The van der Waals surface area contributed by atoms with Crippen molar-refractivity contribution in [1.29, 1.82) is 0 Å². The molecular formula is C31H29N7O2. The average Bonchev–Trinajstić information content (AvgIpc) is 3.76. The van der Waals surface area contributed by atoms with Crippen molar-refractivity contribution in [3.05, 3.63) is 97.3 Å². The van der Waals surface area contributed by atoms with Crippen LogP contribution in [0.1, 0.15) is 24.4 Å². The summed E-state index contributed by atoms with van der Waals surface area (Å²) in [6.07, 6.45) is 6.84. The minimum Gasteiger partial charge on any atom is -0.491 e. The molecule has 7 rings (SSSR count). The van der Waals surface area contributed by atoms with Crippen LogP contribution in [0.2, 0.25) is 0 Å². The van der Waals surface area contributed by atoms with Crippen molar-refractivity contribution in [1.82, 2.24) is 34.5 Å². The molecule has 3 aromatic heterocycles. The van der Waals surface area contributed by atoms with Gasteiger partial charge in [-0.05, 0) is 43.2 Å². The van der Waals surface area contributed by atoms with Crippen molar-refractivity contribution in [2.75, 3.05) is 19.7 Å². The minimum atomic E-state index is 0.00801. The van der Waals surface area contributed by atoms with Crippen molar-refractivity contribution >= 4 is 17.1 Å². The number of carbonyl (C=O) groups excluding carboxylic acids is 1. The lowest BCUT2D eigenvalue weighted by Crippen LogP contribution is -2.45. The van der Waals surface area contributed by atoms with Gasteiger partial charge in [0.15, 0.2) is 11.5 Å². The number of nitrogens with zero attached hydrogens (tertiary/aromatic N) is 6. The zero-order chi connectivity index (χ0) is 27.1. The Labute approximate surface area is 231 Å². The van der Waals surface area contributed by atoms with E-state index in [4.69, 9.17) is 14.7 Å². The molecule has 2 aromatic carbocycles. The van der Waals surface area contributed by atoms with Crippen molar-refractivity contribution in [2.24, 2.45) is 0 Å². The maximum atomic E-state index is 11.9. The molecule has 0 spiro atoms. The van der Waals surface area contributed by atoms with Crippen molar-refractivity contribution in [3.8, 4) is 28.6 Å². The van der Waals surface area contributed by atoms with Crippen LogP contribution in [0.15, 0.2) is 91.8 Å². The van der Waals surface area contributed by atoms with Gasteiger partial charge in [-0.3, -0.25) is 9.36 Å². The van der Waals surface area contributed by atoms with E-state index in [1.54, 1.807) is 10.9 Å². The van der Waals surface area contributed by atoms with Gasteiger partial charge >= 0.3 is 0 Å². The molecule has 1 atom stereocenters. The number of ether oxygens (including phenoxy) is 1. The summed E-state index contributed by atoms with van der Waals surface area (Å²) >= 11 is 0. The van der Waals surface area contributed by atoms with E-state index in [1.807, 2.05) is 47.5 Å². The van der Waals surface area contributed by atoms with Crippen LogP contribution in [0.5, 0.6) is 5.75 Å². The summed E-state index contributed by atoms with van der Waals surface area (Å²) in [5.41, 5.74) is 4.63. The van der Waals surface area contributed by atoms with Gasteiger partial charge in [-0.25, -0.2) is 14.6 Å². The Morgan fingerprint density at radius 1 is 1.02 bits per heavy atom. The SMILES string of the molecule is C=CC(=O)N1CCC(N[C@H]2COc3cc(-n4c(-c5ccccc5)nc5ccc(-n6cccn6)nc54)ccc32)CC1. The van der Waals surface area contributed by atoms with Crippen LogP contribution in [0, 0.1) is 0 Å². The predicted octanol–water partition coefficient (Wildman–Crippen LogP) is 4.47. The molecule has 5 heterocycles. The minimum absolute atomic E-state index is 0.00801. The number of likely N-dealkylation sites (tertiary alicyclic amines) is 1. The lowest BCUT2D eigenvalue weighted by Gasteiger charge is -2.33. The largest absolute Gasteiger partial charge is 0.491 e. The van der Waals surface area contributed by atoms with E-state index >= 15 is 0 Å². The number of nitrogens with one attached hydrogen (secondary N) is 1. The third-order valence-corrected chi connectivity index (χ3v) is 7.72. The van der Waals surface area contributed by atoms with Crippen LogP contribution in [0.25, 0.3) is 34.1 Å². The summed E-state index contributed by atoms with van der Waals surface area (Å²) in [6, 6.07) is 22.7. The van der Waals surface area contributed by atoms with Gasteiger partial charge in [-0.1, -0.05) is 43.0 Å². The van der Waals surface area contributed by atoms with Gasteiger partial charge in [0.25, 0.3) is 0 Å². The van der Waals surface area contributed by atoms with Crippen molar-refractivity contribution in [2.45, 2.75) is 24.9 Å². The fourth-order valence-electron chi connectivity index (χ4n) is 5.66. The summed E-state index contributed by atoms with van der Waals surface area (Å²) < 4.78 is 10.0. The van der Waals surface area contributed by atoms with Gasteiger partial charge in [0.2, 0.25) is 5.91 Å². The van der Waals surface area contributed by atoms with Crippen LogP contribution in [-0.2, 0) is 4.79 Å². The zero-order valence-electron chi connectivity index (χ0n) is 22.0. The summed E-state index contributed by atoms with van der Waals surface area (Å²) in [7, 11) is 0. The highest BCUT2D eigenvalue weighted by Gasteiger charge is 2.30. The molecule has 200 valence electrons. The molecule has 0 saturated carbocycles. The molecule has 2 aliphatic heterocycles. The highest BCUT2D eigenvalue weighted by Crippen LogP contribution is 2.37. The van der Waals surface area contributed by atoms with E-state index in [-0.39, 0.29) is 11.9 Å². The number of pyridine rings is 1. The van der Waals surface area contributed by atoms with Gasteiger partial charge in [-0.15, -0.1) is 0 Å². The Morgan fingerprint density at radius 3 is 2.65 bits per heavy atom. The van der Waals surface area contributed by atoms with Crippen LogP contribution in [0.4, 0.5) is 0 Å². The molecule has 0 bridgehead atoms. The van der Waals surface area contributed by atoms with E-state index in [2.05, 4.69) is 51.9 Å². The van der Waals surface area contributed by atoms with E-state index in [9.17, 15) is 4.79 Å². The number of hydrogen-bond donors (Lipinski definition) is 1. The van der Waals surface area contributed by atoms with E-state index in [1.165, 1.54) is 6.08 Å². The van der Waals surface area contributed by atoms with E-state index < -0.39 is 0 Å². The molecule has 9 nitrogen and oxygen atoms in total.